The van der Waals surface area contributed by atoms with Crippen molar-refractivity contribution in [2.75, 3.05) is 34.4 Å². The van der Waals surface area contributed by atoms with Gasteiger partial charge in [0, 0.05) is 13.7 Å². The minimum absolute atomic E-state index is 0.919. The predicted octanol–water partition coefficient (Wildman–Crippen LogP) is 1.75. The molecule has 0 spiro atoms. The second-order valence-corrected chi connectivity index (χ2v) is 3.21. The number of ether oxygens (including phenoxy) is 1. The summed E-state index contributed by atoms with van der Waals surface area (Å²) in [7, 11) is 6.00. The topological polar surface area (TPSA) is 12.5 Å². The van der Waals surface area contributed by atoms with Crippen molar-refractivity contribution in [3.8, 4) is 0 Å². The summed E-state index contributed by atoms with van der Waals surface area (Å²) in [6, 6.07) is 0. The third-order valence-electron chi connectivity index (χ3n) is 1.70. The molecule has 0 fully saturated rings. The summed E-state index contributed by atoms with van der Waals surface area (Å²) in [5.74, 6) is 0. The predicted molar refractivity (Wildman–Crippen MR) is 48.9 cm³/mol. The van der Waals surface area contributed by atoms with E-state index in [1.807, 2.05) is 0 Å². The van der Waals surface area contributed by atoms with Crippen molar-refractivity contribution in [1.82, 2.24) is 4.90 Å². The van der Waals surface area contributed by atoms with Gasteiger partial charge in [-0.15, -0.1) is 0 Å². The van der Waals surface area contributed by atoms with E-state index in [0.29, 0.717) is 0 Å². The largest absolute Gasteiger partial charge is 0.385 e. The van der Waals surface area contributed by atoms with Crippen LogP contribution in [0.2, 0.25) is 0 Å². The maximum absolute atomic E-state index is 4.96. The molecule has 0 radical (unpaired) electrons. The van der Waals surface area contributed by atoms with Crippen molar-refractivity contribution in [2.45, 2.75) is 25.7 Å². The maximum Gasteiger partial charge on any atom is 0.0462 e. The summed E-state index contributed by atoms with van der Waals surface area (Å²) in [4.78, 5) is 2.23. The summed E-state index contributed by atoms with van der Waals surface area (Å²) in [6.07, 6.45) is 5.17. The molecule has 2 heteroatoms. The monoisotopic (exact) mass is 159 g/mol. The van der Waals surface area contributed by atoms with Crippen LogP contribution < -0.4 is 0 Å². The van der Waals surface area contributed by atoms with Crippen molar-refractivity contribution < 1.29 is 4.74 Å². The maximum atomic E-state index is 4.96. The number of hydrogen-bond donors (Lipinski definition) is 0. The SMILES string of the molecule is COCCCCCCN(C)C. The van der Waals surface area contributed by atoms with Crippen LogP contribution in [0.5, 0.6) is 0 Å². The van der Waals surface area contributed by atoms with Crippen molar-refractivity contribution in [1.29, 1.82) is 0 Å². The highest BCUT2D eigenvalue weighted by Crippen LogP contribution is 1.99. The summed E-state index contributed by atoms with van der Waals surface area (Å²) in [5.41, 5.74) is 0. The minimum atomic E-state index is 0.919. The van der Waals surface area contributed by atoms with Crippen molar-refractivity contribution in [3.63, 3.8) is 0 Å². The van der Waals surface area contributed by atoms with Gasteiger partial charge in [-0.25, -0.2) is 0 Å². The zero-order valence-electron chi connectivity index (χ0n) is 8.10. The molecular formula is C9H21NO. The van der Waals surface area contributed by atoms with Gasteiger partial charge in [0.05, 0.1) is 0 Å². The Kier molecular flexibility index (Phi) is 7.96. The molecule has 2 nitrogen and oxygen atoms in total. The number of rotatable bonds is 7. The first kappa shape index (κ1) is 10.9. The first-order chi connectivity index (χ1) is 5.27. The first-order valence-corrected chi connectivity index (χ1v) is 4.41. The van der Waals surface area contributed by atoms with Gasteiger partial charge < -0.3 is 9.64 Å². The minimum Gasteiger partial charge on any atom is -0.385 e. The van der Waals surface area contributed by atoms with Crippen LogP contribution in [0.3, 0.4) is 0 Å². The Morgan fingerprint density at radius 3 is 2.18 bits per heavy atom. The quantitative estimate of drug-likeness (QED) is 0.525. The van der Waals surface area contributed by atoms with Crippen LogP contribution in [-0.2, 0) is 4.74 Å². The smallest absolute Gasteiger partial charge is 0.0462 e. The van der Waals surface area contributed by atoms with Crippen molar-refractivity contribution in [3.05, 3.63) is 0 Å². The summed E-state index contributed by atoms with van der Waals surface area (Å²) in [6.45, 7) is 2.13. The second kappa shape index (κ2) is 8.02. The molecular weight excluding hydrogens is 138 g/mol. The fraction of sp³-hybridized carbons (Fsp3) is 1.00. The van der Waals surface area contributed by atoms with E-state index in [9.17, 15) is 0 Å². The highest BCUT2D eigenvalue weighted by atomic mass is 16.5. The van der Waals surface area contributed by atoms with Crippen LogP contribution in [0.4, 0.5) is 0 Å². The zero-order chi connectivity index (χ0) is 8.53. The average molecular weight is 159 g/mol. The highest BCUT2D eigenvalue weighted by molar-refractivity contribution is 4.46. The molecule has 0 bridgehead atoms. The standard InChI is InChI=1S/C9H21NO/c1-10(2)8-6-4-5-7-9-11-3/h4-9H2,1-3H3. The average Bonchev–Trinajstić information content (AvgIpc) is 1.96. The summed E-state index contributed by atoms with van der Waals surface area (Å²) in [5, 5.41) is 0. The van der Waals surface area contributed by atoms with Crippen LogP contribution in [-0.4, -0.2) is 39.3 Å². The second-order valence-electron chi connectivity index (χ2n) is 3.21. The normalized spacial score (nSPS) is 10.9. The number of unbranched alkanes of at least 4 members (excludes halogenated alkanes) is 3. The zero-order valence-corrected chi connectivity index (χ0v) is 8.10. The van der Waals surface area contributed by atoms with Gasteiger partial charge in [0.1, 0.15) is 0 Å². The molecule has 0 aromatic rings. The van der Waals surface area contributed by atoms with Gasteiger partial charge in [-0.3, -0.25) is 0 Å². The van der Waals surface area contributed by atoms with Gasteiger partial charge in [0.2, 0.25) is 0 Å². The van der Waals surface area contributed by atoms with Crippen LogP contribution in [0.1, 0.15) is 25.7 Å². The van der Waals surface area contributed by atoms with Gasteiger partial charge in [-0.1, -0.05) is 12.8 Å². The Balaban J connectivity index is 2.80. The Morgan fingerprint density at radius 2 is 1.64 bits per heavy atom. The molecule has 0 saturated carbocycles. The van der Waals surface area contributed by atoms with Crippen molar-refractivity contribution >= 4 is 0 Å². The van der Waals surface area contributed by atoms with E-state index in [0.717, 1.165) is 6.61 Å². The molecule has 0 heterocycles. The van der Waals surface area contributed by atoms with E-state index in [4.69, 9.17) is 4.74 Å². The number of nitrogens with zero attached hydrogens (tertiary/aromatic N) is 1. The van der Waals surface area contributed by atoms with E-state index in [1.165, 1.54) is 32.2 Å². The third kappa shape index (κ3) is 9.92. The fourth-order valence-corrected chi connectivity index (χ4v) is 1.03. The van der Waals surface area contributed by atoms with E-state index >= 15 is 0 Å². The van der Waals surface area contributed by atoms with Crippen molar-refractivity contribution in [2.24, 2.45) is 0 Å². The van der Waals surface area contributed by atoms with Crippen LogP contribution in [0.25, 0.3) is 0 Å². The summed E-state index contributed by atoms with van der Waals surface area (Å²) < 4.78 is 4.96. The van der Waals surface area contributed by atoms with Gasteiger partial charge in [-0.2, -0.15) is 0 Å². The van der Waals surface area contributed by atoms with Crippen LogP contribution in [0.15, 0.2) is 0 Å². The Bertz CT molecular complexity index is 74.0. The lowest BCUT2D eigenvalue weighted by molar-refractivity contribution is 0.191. The Morgan fingerprint density at radius 1 is 1.00 bits per heavy atom. The van der Waals surface area contributed by atoms with Gasteiger partial charge in [0.25, 0.3) is 0 Å². The lowest BCUT2D eigenvalue weighted by atomic mass is 10.2. The Labute approximate surface area is 70.5 Å². The molecule has 0 unspecified atom stereocenters. The lowest BCUT2D eigenvalue weighted by Gasteiger charge is -2.08. The van der Waals surface area contributed by atoms with E-state index in [-0.39, 0.29) is 0 Å². The van der Waals surface area contributed by atoms with E-state index in [1.54, 1.807) is 7.11 Å². The number of methoxy groups -OCH3 is 1. The highest BCUT2D eigenvalue weighted by Gasteiger charge is 1.91. The molecule has 0 N–H and O–H groups in total. The summed E-state index contributed by atoms with van der Waals surface area (Å²) >= 11 is 0. The molecule has 0 aliphatic rings. The Hall–Kier alpha value is -0.0800. The first-order valence-electron chi connectivity index (χ1n) is 4.41. The molecule has 0 atom stereocenters. The van der Waals surface area contributed by atoms with Gasteiger partial charge in [0.15, 0.2) is 0 Å². The molecule has 0 amide bonds. The lowest BCUT2D eigenvalue weighted by Crippen LogP contribution is -2.12. The molecule has 11 heavy (non-hydrogen) atoms. The van der Waals surface area contributed by atoms with E-state index < -0.39 is 0 Å². The van der Waals surface area contributed by atoms with Gasteiger partial charge >= 0.3 is 0 Å². The molecule has 68 valence electrons. The molecule has 0 aliphatic carbocycles. The molecule has 0 saturated heterocycles. The number of hydrogen-bond acceptors (Lipinski definition) is 2. The third-order valence-corrected chi connectivity index (χ3v) is 1.70. The molecule has 0 rings (SSSR count). The van der Waals surface area contributed by atoms with E-state index in [2.05, 4.69) is 19.0 Å². The molecule has 0 aromatic heterocycles. The molecule has 0 aromatic carbocycles. The van der Waals surface area contributed by atoms with Crippen LogP contribution >= 0.6 is 0 Å². The van der Waals surface area contributed by atoms with Crippen LogP contribution in [0, 0.1) is 0 Å². The van der Waals surface area contributed by atoms with Gasteiger partial charge in [-0.05, 0) is 33.5 Å². The molecule has 0 aliphatic heterocycles. The fourth-order valence-electron chi connectivity index (χ4n) is 1.03.